The van der Waals surface area contributed by atoms with Crippen molar-refractivity contribution in [1.29, 1.82) is 0 Å². The summed E-state index contributed by atoms with van der Waals surface area (Å²) in [5.41, 5.74) is 0. The normalized spacial score (nSPS) is 37.3. The van der Waals surface area contributed by atoms with E-state index < -0.39 is 12.0 Å². The van der Waals surface area contributed by atoms with Gasteiger partial charge in [0.05, 0.1) is 19.3 Å². The van der Waals surface area contributed by atoms with Gasteiger partial charge in [0, 0.05) is 19.7 Å². The summed E-state index contributed by atoms with van der Waals surface area (Å²) in [4.78, 5) is 13.1. The van der Waals surface area contributed by atoms with Crippen molar-refractivity contribution in [1.82, 2.24) is 4.90 Å². The lowest BCUT2D eigenvalue weighted by Gasteiger charge is -2.46. The number of rotatable bonds is 3. The van der Waals surface area contributed by atoms with E-state index >= 15 is 0 Å². The third-order valence-corrected chi connectivity index (χ3v) is 3.33. The van der Waals surface area contributed by atoms with Gasteiger partial charge in [0.15, 0.2) is 0 Å². The lowest BCUT2D eigenvalue weighted by Crippen LogP contribution is -2.59. The van der Waals surface area contributed by atoms with Gasteiger partial charge in [-0.3, -0.25) is 9.69 Å². The van der Waals surface area contributed by atoms with Gasteiger partial charge in [-0.25, -0.2) is 0 Å². The van der Waals surface area contributed by atoms with E-state index in [2.05, 4.69) is 0 Å². The molecule has 1 N–H and O–H groups in total. The van der Waals surface area contributed by atoms with E-state index in [0.717, 1.165) is 19.4 Å². The number of morpholine rings is 1. The zero-order valence-electron chi connectivity index (χ0n) is 8.89. The summed E-state index contributed by atoms with van der Waals surface area (Å²) in [6.07, 6.45) is 2.20. The van der Waals surface area contributed by atoms with Crippen LogP contribution in [0.15, 0.2) is 0 Å². The van der Waals surface area contributed by atoms with Crippen molar-refractivity contribution in [3.8, 4) is 0 Å². The van der Waals surface area contributed by atoms with Crippen LogP contribution >= 0.6 is 0 Å². The average molecular weight is 215 g/mol. The number of methoxy groups -OCH3 is 1. The third-order valence-electron chi connectivity index (χ3n) is 3.33. The highest BCUT2D eigenvalue weighted by Gasteiger charge is 2.40. The second-order valence-electron chi connectivity index (χ2n) is 4.15. The largest absolute Gasteiger partial charge is 0.480 e. The Kier molecular flexibility index (Phi) is 3.23. The predicted octanol–water partition coefficient (Wildman–Crippen LogP) is -0.0508. The van der Waals surface area contributed by atoms with Gasteiger partial charge in [-0.1, -0.05) is 0 Å². The molecule has 2 rings (SSSR count). The number of nitrogens with zero attached hydrogens (tertiary/aromatic N) is 1. The van der Waals surface area contributed by atoms with Crippen molar-refractivity contribution >= 4 is 5.97 Å². The second-order valence-corrected chi connectivity index (χ2v) is 4.15. The molecule has 0 spiro atoms. The molecule has 5 nitrogen and oxygen atoms in total. The smallest absolute Gasteiger partial charge is 0.323 e. The standard InChI is InChI=1S/C10H17NO4/c1-14-8-4-7(5-8)11-2-3-15-6-9(11)10(12)13/h7-9H,2-6H2,1H3,(H,12,13). The number of carboxylic acid groups (broad SMARTS) is 1. The molecule has 15 heavy (non-hydrogen) atoms. The van der Waals surface area contributed by atoms with Gasteiger partial charge in [0.2, 0.25) is 0 Å². The zero-order chi connectivity index (χ0) is 10.8. The molecule has 2 fully saturated rings. The molecule has 1 saturated carbocycles. The number of hydrogen-bond donors (Lipinski definition) is 1. The van der Waals surface area contributed by atoms with Gasteiger partial charge in [-0.15, -0.1) is 0 Å². The Hall–Kier alpha value is -0.650. The molecule has 86 valence electrons. The Morgan fingerprint density at radius 3 is 2.87 bits per heavy atom. The maximum atomic E-state index is 11.0. The predicted molar refractivity (Wildman–Crippen MR) is 52.8 cm³/mol. The van der Waals surface area contributed by atoms with Crippen molar-refractivity contribution in [2.75, 3.05) is 26.9 Å². The van der Waals surface area contributed by atoms with Gasteiger partial charge in [-0.05, 0) is 12.8 Å². The molecule has 0 radical (unpaired) electrons. The Bertz CT molecular complexity index is 240. The lowest BCUT2D eigenvalue weighted by molar-refractivity contribution is -0.156. The Morgan fingerprint density at radius 2 is 2.27 bits per heavy atom. The summed E-state index contributed by atoms with van der Waals surface area (Å²) in [6.45, 7) is 1.67. The molecule has 1 aliphatic heterocycles. The van der Waals surface area contributed by atoms with E-state index in [4.69, 9.17) is 14.6 Å². The van der Waals surface area contributed by atoms with Crippen LogP contribution in [0.2, 0.25) is 0 Å². The average Bonchev–Trinajstić information content (AvgIpc) is 2.16. The number of carbonyl (C=O) groups is 1. The summed E-state index contributed by atoms with van der Waals surface area (Å²) in [5.74, 6) is -0.782. The minimum Gasteiger partial charge on any atom is -0.480 e. The number of aliphatic carboxylic acids is 1. The van der Waals surface area contributed by atoms with Crippen LogP contribution in [-0.4, -0.2) is 61.0 Å². The lowest BCUT2D eigenvalue weighted by atomic mass is 9.86. The molecule has 1 atom stereocenters. The molecule has 5 heteroatoms. The fourth-order valence-electron chi connectivity index (χ4n) is 2.27. The maximum Gasteiger partial charge on any atom is 0.323 e. The number of ether oxygens (including phenoxy) is 2. The molecule has 2 aliphatic rings. The van der Waals surface area contributed by atoms with Crippen molar-refractivity contribution in [2.45, 2.75) is 31.0 Å². The number of hydrogen-bond acceptors (Lipinski definition) is 4. The molecular weight excluding hydrogens is 198 g/mol. The first kappa shape index (κ1) is 10.9. The molecule has 1 heterocycles. The topological polar surface area (TPSA) is 59.0 Å². The monoisotopic (exact) mass is 215 g/mol. The van der Waals surface area contributed by atoms with E-state index in [1.54, 1.807) is 7.11 Å². The quantitative estimate of drug-likeness (QED) is 0.715. The Morgan fingerprint density at radius 1 is 1.53 bits per heavy atom. The van der Waals surface area contributed by atoms with Crippen molar-refractivity contribution in [2.24, 2.45) is 0 Å². The summed E-state index contributed by atoms with van der Waals surface area (Å²) in [5, 5.41) is 9.05. The summed E-state index contributed by atoms with van der Waals surface area (Å²) in [7, 11) is 1.70. The van der Waals surface area contributed by atoms with Crippen LogP contribution in [0, 0.1) is 0 Å². The van der Waals surface area contributed by atoms with E-state index in [1.807, 2.05) is 4.90 Å². The number of carboxylic acids is 1. The third kappa shape index (κ3) is 2.14. The SMILES string of the molecule is COC1CC(N2CCOCC2C(=O)O)C1. The van der Waals surface area contributed by atoms with Gasteiger partial charge in [0.1, 0.15) is 6.04 Å². The van der Waals surface area contributed by atoms with Gasteiger partial charge >= 0.3 is 5.97 Å². The van der Waals surface area contributed by atoms with Crippen LogP contribution in [0.4, 0.5) is 0 Å². The molecule has 1 aliphatic carbocycles. The Balaban J connectivity index is 1.91. The van der Waals surface area contributed by atoms with Crippen LogP contribution in [0.25, 0.3) is 0 Å². The minimum atomic E-state index is -0.782. The summed E-state index contributed by atoms with van der Waals surface area (Å²) >= 11 is 0. The molecule has 0 amide bonds. The van der Waals surface area contributed by atoms with Crippen LogP contribution in [0.3, 0.4) is 0 Å². The first-order valence-electron chi connectivity index (χ1n) is 5.31. The Labute approximate surface area is 89.0 Å². The summed E-state index contributed by atoms with van der Waals surface area (Å²) < 4.78 is 10.4. The molecular formula is C10H17NO4. The van der Waals surface area contributed by atoms with Gasteiger partial charge in [0.25, 0.3) is 0 Å². The molecule has 0 bridgehead atoms. The highest BCUT2D eigenvalue weighted by molar-refractivity contribution is 5.73. The maximum absolute atomic E-state index is 11.0. The molecule has 0 aromatic heterocycles. The van der Waals surface area contributed by atoms with Crippen LogP contribution < -0.4 is 0 Å². The van der Waals surface area contributed by atoms with E-state index in [9.17, 15) is 4.79 Å². The fourth-order valence-corrected chi connectivity index (χ4v) is 2.27. The zero-order valence-corrected chi connectivity index (χ0v) is 8.89. The minimum absolute atomic E-state index is 0.309. The fraction of sp³-hybridized carbons (Fsp3) is 0.900. The van der Waals surface area contributed by atoms with Crippen molar-refractivity contribution in [3.63, 3.8) is 0 Å². The second kappa shape index (κ2) is 4.47. The van der Waals surface area contributed by atoms with Gasteiger partial charge < -0.3 is 14.6 Å². The first-order valence-corrected chi connectivity index (χ1v) is 5.31. The molecule has 1 unspecified atom stereocenters. The molecule has 1 saturated heterocycles. The molecule has 0 aromatic rings. The van der Waals surface area contributed by atoms with E-state index in [1.165, 1.54) is 0 Å². The molecule has 0 aromatic carbocycles. The van der Waals surface area contributed by atoms with Crippen molar-refractivity contribution in [3.05, 3.63) is 0 Å². The van der Waals surface area contributed by atoms with Crippen LogP contribution in [0.1, 0.15) is 12.8 Å². The van der Waals surface area contributed by atoms with E-state index in [0.29, 0.717) is 25.4 Å². The van der Waals surface area contributed by atoms with E-state index in [-0.39, 0.29) is 0 Å². The first-order chi connectivity index (χ1) is 7.22. The van der Waals surface area contributed by atoms with Crippen molar-refractivity contribution < 1.29 is 19.4 Å². The van der Waals surface area contributed by atoms with Gasteiger partial charge in [-0.2, -0.15) is 0 Å². The highest BCUT2D eigenvalue weighted by Crippen LogP contribution is 2.30. The summed E-state index contributed by atoms with van der Waals surface area (Å²) in [6, 6.07) is -0.110. The van der Waals surface area contributed by atoms with Crippen LogP contribution in [0.5, 0.6) is 0 Å². The highest BCUT2D eigenvalue weighted by atomic mass is 16.5. The van der Waals surface area contributed by atoms with Crippen LogP contribution in [-0.2, 0) is 14.3 Å².